The van der Waals surface area contributed by atoms with E-state index >= 15 is 0 Å². The molecular formula is C9H19NOS. The van der Waals surface area contributed by atoms with E-state index in [0.29, 0.717) is 18.0 Å². The van der Waals surface area contributed by atoms with Gasteiger partial charge in [0.05, 0.1) is 0 Å². The molecule has 1 aliphatic rings. The van der Waals surface area contributed by atoms with E-state index in [2.05, 4.69) is 19.2 Å². The van der Waals surface area contributed by atoms with E-state index in [1.165, 1.54) is 17.9 Å². The van der Waals surface area contributed by atoms with Gasteiger partial charge in [0, 0.05) is 24.4 Å². The Balaban J connectivity index is 2.19. The second kappa shape index (κ2) is 5.10. The lowest BCUT2D eigenvalue weighted by molar-refractivity contribution is 0.202. The average molecular weight is 189 g/mol. The molecule has 2 N–H and O–H groups in total. The van der Waals surface area contributed by atoms with Crippen LogP contribution in [0.25, 0.3) is 0 Å². The molecule has 72 valence electrons. The van der Waals surface area contributed by atoms with Crippen LogP contribution in [0, 0.1) is 5.92 Å². The summed E-state index contributed by atoms with van der Waals surface area (Å²) in [7, 11) is 0. The van der Waals surface area contributed by atoms with Crippen LogP contribution in [0.4, 0.5) is 0 Å². The van der Waals surface area contributed by atoms with Crippen molar-refractivity contribution in [3.63, 3.8) is 0 Å². The van der Waals surface area contributed by atoms with Gasteiger partial charge in [0.15, 0.2) is 0 Å². The molecule has 3 atom stereocenters. The summed E-state index contributed by atoms with van der Waals surface area (Å²) in [5, 5.41) is 12.5. The molecule has 0 spiro atoms. The Morgan fingerprint density at radius 2 is 2.33 bits per heavy atom. The van der Waals surface area contributed by atoms with E-state index < -0.39 is 0 Å². The van der Waals surface area contributed by atoms with Crippen molar-refractivity contribution < 1.29 is 5.11 Å². The van der Waals surface area contributed by atoms with Gasteiger partial charge in [0.25, 0.3) is 0 Å². The molecule has 1 rings (SSSR count). The first-order valence-electron chi connectivity index (χ1n) is 4.68. The predicted molar refractivity (Wildman–Crippen MR) is 54.6 cm³/mol. The van der Waals surface area contributed by atoms with Gasteiger partial charge in [-0.15, -0.1) is 0 Å². The van der Waals surface area contributed by atoms with Crippen LogP contribution < -0.4 is 5.32 Å². The Morgan fingerprint density at radius 1 is 1.58 bits per heavy atom. The van der Waals surface area contributed by atoms with E-state index in [1.807, 2.05) is 11.8 Å². The molecule has 0 aromatic rings. The minimum atomic E-state index is 0.286. The molecule has 0 amide bonds. The Labute approximate surface area is 79.1 Å². The number of hydrogen-bond acceptors (Lipinski definition) is 3. The number of nitrogens with one attached hydrogen (secondary N) is 1. The van der Waals surface area contributed by atoms with Crippen molar-refractivity contribution in [2.75, 3.05) is 18.1 Å². The maximum atomic E-state index is 8.93. The molecule has 3 heteroatoms. The van der Waals surface area contributed by atoms with Crippen LogP contribution in [0.2, 0.25) is 0 Å². The van der Waals surface area contributed by atoms with Gasteiger partial charge in [-0.25, -0.2) is 0 Å². The van der Waals surface area contributed by atoms with E-state index in [0.717, 1.165) is 0 Å². The van der Waals surface area contributed by atoms with E-state index in [9.17, 15) is 0 Å². The summed E-state index contributed by atoms with van der Waals surface area (Å²) in [6.45, 7) is 4.53. The van der Waals surface area contributed by atoms with E-state index in [-0.39, 0.29) is 6.61 Å². The number of aliphatic hydroxyl groups excluding tert-OH is 1. The van der Waals surface area contributed by atoms with E-state index in [4.69, 9.17) is 5.11 Å². The van der Waals surface area contributed by atoms with Gasteiger partial charge < -0.3 is 10.4 Å². The Hall–Kier alpha value is 0.270. The zero-order valence-electron chi connectivity index (χ0n) is 7.92. The molecular weight excluding hydrogens is 170 g/mol. The molecule has 1 aliphatic heterocycles. The number of thioether (sulfide) groups is 1. The summed E-state index contributed by atoms with van der Waals surface area (Å²) in [5.41, 5.74) is 0. The number of rotatable bonds is 4. The first-order chi connectivity index (χ1) is 5.74. The molecule has 0 bridgehead atoms. The van der Waals surface area contributed by atoms with Gasteiger partial charge in [0.1, 0.15) is 0 Å². The summed E-state index contributed by atoms with van der Waals surface area (Å²) in [4.78, 5) is 0. The highest BCUT2D eigenvalue weighted by molar-refractivity contribution is 7.99. The average Bonchev–Trinajstić information content (AvgIpc) is 2.55. The van der Waals surface area contributed by atoms with Crippen LogP contribution >= 0.6 is 11.8 Å². The van der Waals surface area contributed by atoms with Crippen molar-refractivity contribution in [2.45, 2.75) is 32.4 Å². The number of hydrogen-bond donors (Lipinski definition) is 2. The molecule has 0 aromatic heterocycles. The minimum absolute atomic E-state index is 0.286. The first-order valence-corrected chi connectivity index (χ1v) is 5.84. The van der Waals surface area contributed by atoms with Crippen LogP contribution in [0.15, 0.2) is 0 Å². The Kier molecular flexibility index (Phi) is 4.40. The SMILES string of the molecule is CC(CO)C(C)NC1CCSC1. The Morgan fingerprint density at radius 3 is 2.83 bits per heavy atom. The van der Waals surface area contributed by atoms with Crippen LogP contribution in [0.1, 0.15) is 20.3 Å². The quantitative estimate of drug-likeness (QED) is 0.694. The summed E-state index contributed by atoms with van der Waals surface area (Å²) in [6.07, 6.45) is 1.28. The molecule has 0 saturated carbocycles. The molecule has 1 fully saturated rings. The number of aliphatic hydroxyl groups is 1. The van der Waals surface area contributed by atoms with Crippen molar-refractivity contribution in [1.29, 1.82) is 0 Å². The third-order valence-corrected chi connectivity index (χ3v) is 3.73. The molecule has 0 aromatic carbocycles. The summed E-state index contributed by atoms with van der Waals surface area (Å²) in [6, 6.07) is 1.12. The van der Waals surface area contributed by atoms with Crippen LogP contribution in [-0.2, 0) is 0 Å². The van der Waals surface area contributed by atoms with Gasteiger partial charge in [-0.3, -0.25) is 0 Å². The highest BCUT2D eigenvalue weighted by atomic mass is 32.2. The molecule has 12 heavy (non-hydrogen) atoms. The normalized spacial score (nSPS) is 28.8. The lowest BCUT2D eigenvalue weighted by atomic mass is 10.0. The fraction of sp³-hybridized carbons (Fsp3) is 1.00. The van der Waals surface area contributed by atoms with Crippen molar-refractivity contribution >= 4 is 11.8 Å². The van der Waals surface area contributed by atoms with Gasteiger partial charge in [0.2, 0.25) is 0 Å². The lowest BCUT2D eigenvalue weighted by Crippen LogP contribution is -2.41. The van der Waals surface area contributed by atoms with Crippen LogP contribution in [0.3, 0.4) is 0 Å². The summed E-state index contributed by atoms with van der Waals surface area (Å²) in [5.74, 6) is 2.90. The van der Waals surface area contributed by atoms with Crippen LogP contribution in [0.5, 0.6) is 0 Å². The highest BCUT2D eigenvalue weighted by Crippen LogP contribution is 2.18. The molecule has 1 heterocycles. The van der Waals surface area contributed by atoms with Gasteiger partial charge in [-0.1, -0.05) is 6.92 Å². The van der Waals surface area contributed by atoms with Crippen molar-refractivity contribution in [2.24, 2.45) is 5.92 Å². The maximum absolute atomic E-state index is 8.93. The standard InChI is InChI=1S/C9H19NOS/c1-7(5-11)8(2)10-9-3-4-12-6-9/h7-11H,3-6H2,1-2H3. The van der Waals surface area contributed by atoms with Crippen molar-refractivity contribution in [1.82, 2.24) is 5.32 Å². The van der Waals surface area contributed by atoms with Gasteiger partial charge in [-0.05, 0) is 25.0 Å². The largest absolute Gasteiger partial charge is 0.396 e. The summed E-state index contributed by atoms with van der Waals surface area (Å²) >= 11 is 2.02. The summed E-state index contributed by atoms with van der Waals surface area (Å²) < 4.78 is 0. The van der Waals surface area contributed by atoms with E-state index in [1.54, 1.807) is 0 Å². The fourth-order valence-corrected chi connectivity index (χ4v) is 2.53. The maximum Gasteiger partial charge on any atom is 0.0471 e. The van der Waals surface area contributed by atoms with Crippen LogP contribution in [-0.4, -0.2) is 35.3 Å². The minimum Gasteiger partial charge on any atom is -0.396 e. The smallest absolute Gasteiger partial charge is 0.0471 e. The zero-order chi connectivity index (χ0) is 8.97. The Bertz CT molecular complexity index is 126. The molecule has 0 aliphatic carbocycles. The van der Waals surface area contributed by atoms with Gasteiger partial charge in [-0.2, -0.15) is 11.8 Å². The molecule has 0 radical (unpaired) electrons. The molecule has 2 nitrogen and oxygen atoms in total. The van der Waals surface area contributed by atoms with Crippen molar-refractivity contribution in [3.8, 4) is 0 Å². The lowest BCUT2D eigenvalue weighted by Gasteiger charge is -2.23. The molecule has 3 unspecified atom stereocenters. The second-order valence-electron chi connectivity index (χ2n) is 3.68. The van der Waals surface area contributed by atoms with Crippen molar-refractivity contribution in [3.05, 3.63) is 0 Å². The third-order valence-electron chi connectivity index (χ3n) is 2.57. The second-order valence-corrected chi connectivity index (χ2v) is 4.83. The highest BCUT2D eigenvalue weighted by Gasteiger charge is 2.19. The monoisotopic (exact) mass is 189 g/mol. The zero-order valence-corrected chi connectivity index (χ0v) is 8.73. The van der Waals surface area contributed by atoms with Gasteiger partial charge >= 0.3 is 0 Å². The fourth-order valence-electron chi connectivity index (χ4n) is 1.36. The topological polar surface area (TPSA) is 32.3 Å². The predicted octanol–water partition coefficient (Wildman–Crippen LogP) is 1.10. The third kappa shape index (κ3) is 2.96. The first kappa shape index (κ1) is 10.4. The molecule has 1 saturated heterocycles.